The van der Waals surface area contributed by atoms with Gasteiger partial charge in [0.05, 0.1) is 19.8 Å². The number of methoxy groups -OCH3 is 2. The molecule has 6 heteroatoms. The predicted molar refractivity (Wildman–Crippen MR) is 82.3 cm³/mol. The molecule has 120 valence electrons. The van der Waals surface area contributed by atoms with Gasteiger partial charge in [-0.15, -0.1) is 0 Å². The molecule has 0 radical (unpaired) electrons. The molecule has 1 fully saturated rings. The van der Waals surface area contributed by atoms with Crippen molar-refractivity contribution in [1.82, 2.24) is 0 Å². The fourth-order valence-corrected chi connectivity index (χ4v) is 2.54. The molecule has 2 aromatic rings. The molecule has 2 atom stereocenters. The monoisotopic (exact) mass is 317 g/mol. The minimum Gasteiger partial charge on any atom is -0.497 e. The van der Waals surface area contributed by atoms with Gasteiger partial charge in [0.1, 0.15) is 23.4 Å². The summed E-state index contributed by atoms with van der Waals surface area (Å²) in [6.07, 6.45) is -1.16. The number of epoxide rings is 1. The maximum Gasteiger partial charge on any atom is 0.200 e. The molecule has 1 saturated heterocycles. The summed E-state index contributed by atoms with van der Waals surface area (Å²) in [5.41, 5.74) is 7.07. The topological polar surface area (TPSA) is 74.1 Å². The van der Waals surface area contributed by atoms with Gasteiger partial charge in [0.15, 0.2) is 11.9 Å². The molecule has 0 amide bonds. The van der Waals surface area contributed by atoms with Crippen LogP contribution in [0.3, 0.4) is 0 Å². The lowest BCUT2D eigenvalue weighted by molar-refractivity contribution is 0.0951. The summed E-state index contributed by atoms with van der Waals surface area (Å²) in [5, 5.41) is 0. The van der Waals surface area contributed by atoms with Gasteiger partial charge in [-0.3, -0.25) is 4.79 Å². The van der Waals surface area contributed by atoms with Gasteiger partial charge in [0.2, 0.25) is 0 Å². The van der Waals surface area contributed by atoms with Crippen LogP contribution in [0.5, 0.6) is 11.5 Å². The zero-order chi connectivity index (χ0) is 16.6. The highest BCUT2D eigenvalue weighted by Crippen LogP contribution is 2.43. The molecule has 0 bridgehead atoms. The highest BCUT2D eigenvalue weighted by molar-refractivity contribution is 6.08. The average molecular weight is 317 g/mol. The summed E-state index contributed by atoms with van der Waals surface area (Å²) in [6.45, 7) is 0. The first-order valence-electron chi connectivity index (χ1n) is 7.01. The van der Waals surface area contributed by atoms with Crippen molar-refractivity contribution in [2.24, 2.45) is 0 Å². The fraction of sp³-hybridized carbons (Fsp3) is 0.235. The van der Waals surface area contributed by atoms with E-state index in [1.165, 1.54) is 26.4 Å². The molecule has 0 aromatic heterocycles. The summed E-state index contributed by atoms with van der Waals surface area (Å²) in [5.74, 6) is 0.150. The number of carbonyl (C=O) groups is 1. The largest absolute Gasteiger partial charge is 0.497 e. The van der Waals surface area contributed by atoms with Crippen molar-refractivity contribution in [3.8, 4) is 11.5 Å². The third-order valence-electron chi connectivity index (χ3n) is 3.74. The number of nitrogen functional groups attached to an aromatic ring is 1. The van der Waals surface area contributed by atoms with Gasteiger partial charge in [0.25, 0.3) is 0 Å². The lowest BCUT2D eigenvalue weighted by Gasteiger charge is -2.11. The molecule has 5 nitrogen and oxygen atoms in total. The van der Waals surface area contributed by atoms with Crippen molar-refractivity contribution in [3.63, 3.8) is 0 Å². The minimum absolute atomic E-state index is 0.247. The molecule has 1 aliphatic rings. The maximum absolute atomic E-state index is 13.3. The number of anilines is 1. The molecule has 2 N–H and O–H groups in total. The van der Waals surface area contributed by atoms with E-state index in [1.807, 2.05) is 0 Å². The first kappa shape index (κ1) is 15.3. The molecule has 2 unspecified atom stereocenters. The van der Waals surface area contributed by atoms with Crippen LogP contribution in [-0.2, 0) is 4.74 Å². The van der Waals surface area contributed by atoms with Crippen molar-refractivity contribution in [2.45, 2.75) is 12.2 Å². The zero-order valence-electron chi connectivity index (χ0n) is 12.7. The second-order valence-electron chi connectivity index (χ2n) is 5.19. The van der Waals surface area contributed by atoms with E-state index in [1.54, 1.807) is 24.3 Å². The molecule has 3 rings (SSSR count). The number of hydrogen-bond donors (Lipinski definition) is 1. The van der Waals surface area contributed by atoms with Gasteiger partial charge in [0, 0.05) is 17.8 Å². The van der Waals surface area contributed by atoms with Crippen LogP contribution >= 0.6 is 0 Å². The number of ketones is 1. The van der Waals surface area contributed by atoms with Gasteiger partial charge in [-0.25, -0.2) is 4.39 Å². The molecule has 0 aliphatic carbocycles. The Hall–Kier alpha value is -2.60. The first-order chi connectivity index (χ1) is 11.0. The average Bonchev–Trinajstić information content (AvgIpc) is 3.34. The van der Waals surface area contributed by atoms with E-state index in [0.29, 0.717) is 17.1 Å². The van der Waals surface area contributed by atoms with Gasteiger partial charge >= 0.3 is 0 Å². The highest BCUT2D eigenvalue weighted by atomic mass is 19.1. The van der Waals surface area contributed by atoms with E-state index in [2.05, 4.69) is 0 Å². The number of rotatable bonds is 5. The molecule has 1 aliphatic heterocycles. The first-order valence-corrected chi connectivity index (χ1v) is 7.01. The summed E-state index contributed by atoms with van der Waals surface area (Å²) in [7, 11) is 2.95. The molecule has 2 aromatic carbocycles. The Labute approximate surface area is 132 Å². The molecule has 0 saturated carbocycles. The summed E-state index contributed by atoms with van der Waals surface area (Å²) in [4.78, 5) is 12.7. The summed E-state index contributed by atoms with van der Waals surface area (Å²) in [6, 6.07) is 9.13. The highest BCUT2D eigenvalue weighted by Gasteiger charge is 2.47. The van der Waals surface area contributed by atoms with Crippen molar-refractivity contribution in [1.29, 1.82) is 0 Å². The van der Waals surface area contributed by atoms with E-state index >= 15 is 0 Å². The zero-order valence-corrected chi connectivity index (χ0v) is 12.7. The van der Waals surface area contributed by atoms with Gasteiger partial charge < -0.3 is 19.9 Å². The number of ether oxygens (including phenoxy) is 3. The third-order valence-corrected chi connectivity index (χ3v) is 3.74. The van der Waals surface area contributed by atoms with E-state index < -0.39 is 12.2 Å². The number of Topliss-reactive ketones (excluding diaryl/α,β-unsaturated/α-hetero) is 1. The lowest BCUT2D eigenvalue weighted by Crippen LogP contribution is -2.13. The van der Waals surface area contributed by atoms with Crippen LogP contribution < -0.4 is 15.2 Å². The minimum atomic E-state index is -0.693. The van der Waals surface area contributed by atoms with Crippen molar-refractivity contribution in [2.75, 3.05) is 20.0 Å². The van der Waals surface area contributed by atoms with E-state index in [0.717, 1.165) is 0 Å². The van der Waals surface area contributed by atoms with Crippen LogP contribution in [-0.4, -0.2) is 26.1 Å². The Morgan fingerprint density at radius 1 is 1.22 bits per heavy atom. The summed E-state index contributed by atoms with van der Waals surface area (Å²) >= 11 is 0. The quantitative estimate of drug-likeness (QED) is 0.521. The van der Waals surface area contributed by atoms with Gasteiger partial charge in [-0.1, -0.05) is 12.1 Å². The second-order valence-corrected chi connectivity index (χ2v) is 5.19. The normalized spacial score (nSPS) is 19.3. The molecular weight excluding hydrogens is 301 g/mol. The van der Waals surface area contributed by atoms with Gasteiger partial charge in [-0.2, -0.15) is 0 Å². The van der Waals surface area contributed by atoms with Crippen LogP contribution in [0.1, 0.15) is 22.0 Å². The Kier molecular flexibility index (Phi) is 3.92. The Balaban J connectivity index is 1.88. The maximum atomic E-state index is 13.3. The molecule has 1 heterocycles. The SMILES string of the molecule is COc1cc(N)c(C(=O)C2OC2c2cccc(F)c2)c(OC)c1. The van der Waals surface area contributed by atoms with Crippen LogP contribution in [0, 0.1) is 5.82 Å². The van der Waals surface area contributed by atoms with Crippen LogP contribution in [0.4, 0.5) is 10.1 Å². The Bertz CT molecular complexity index is 762. The smallest absolute Gasteiger partial charge is 0.200 e. The lowest BCUT2D eigenvalue weighted by atomic mass is 10.0. The Morgan fingerprint density at radius 2 is 2.00 bits per heavy atom. The van der Waals surface area contributed by atoms with Crippen molar-refractivity contribution in [3.05, 3.63) is 53.3 Å². The van der Waals surface area contributed by atoms with Crippen molar-refractivity contribution < 1.29 is 23.4 Å². The number of hydrogen-bond acceptors (Lipinski definition) is 5. The Morgan fingerprint density at radius 3 is 2.65 bits per heavy atom. The molecule has 23 heavy (non-hydrogen) atoms. The van der Waals surface area contributed by atoms with E-state index in [9.17, 15) is 9.18 Å². The number of carbonyl (C=O) groups excluding carboxylic acids is 1. The summed E-state index contributed by atoms with van der Waals surface area (Å²) < 4.78 is 29.0. The third kappa shape index (κ3) is 2.85. The van der Waals surface area contributed by atoms with Crippen LogP contribution in [0.2, 0.25) is 0 Å². The molecule has 0 spiro atoms. The standard InChI is InChI=1S/C17H16FNO4/c1-21-11-7-12(19)14(13(8-11)22-2)15(20)17-16(23-17)9-4-3-5-10(18)6-9/h3-8,16-17H,19H2,1-2H3. The number of benzene rings is 2. The number of halogens is 1. The van der Waals surface area contributed by atoms with E-state index in [4.69, 9.17) is 19.9 Å². The second kappa shape index (κ2) is 5.89. The van der Waals surface area contributed by atoms with E-state index in [-0.39, 0.29) is 22.9 Å². The van der Waals surface area contributed by atoms with Crippen LogP contribution in [0.25, 0.3) is 0 Å². The van der Waals surface area contributed by atoms with Crippen LogP contribution in [0.15, 0.2) is 36.4 Å². The fourth-order valence-electron chi connectivity index (χ4n) is 2.54. The predicted octanol–water partition coefficient (Wildman–Crippen LogP) is 2.75. The molecular formula is C17H16FNO4. The number of nitrogens with two attached hydrogens (primary N) is 1. The van der Waals surface area contributed by atoms with Crippen molar-refractivity contribution >= 4 is 11.5 Å². The van der Waals surface area contributed by atoms with Gasteiger partial charge in [-0.05, 0) is 17.7 Å².